The lowest BCUT2D eigenvalue weighted by Gasteiger charge is -2.29. The van der Waals surface area contributed by atoms with E-state index in [0.717, 1.165) is 32.0 Å². The molecule has 1 unspecified atom stereocenters. The summed E-state index contributed by atoms with van der Waals surface area (Å²) >= 11 is 0. The molecule has 0 spiro atoms. The van der Waals surface area contributed by atoms with Crippen LogP contribution in [0.1, 0.15) is 39.5 Å². The van der Waals surface area contributed by atoms with Crippen LogP contribution in [0.4, 0.5) is 0 Å². The van der Waals surface area contributed by atoms with Crippen molar-refractivity contribution in [1.29, 1.82) is 0 Å². The Labute approximate surface area is 110 Å². The van der Waals surface area contributed by atoms with Crippen LogP contribution in [0.2, 0.25) is 0 Å². The van der Waals surface area contributed by atoms with Crippen molar-refractivity contribution in [3.63, 3.8) is 0 Å². The number of hydrogen-bond donors (Lipinski definition) is 2. The Balaban J connectivity index is 1.70. The molecule has 2 rings (SSSR count). The van der Waals surface area contributed by atoms with Gasteiger partial charge < -0.3 is 10.6 Å². The van der Waals surface area contributed by atoms with Crippen LogP contribution in [0.5, 0.6) is 0 Å². The lowest BCUT2D eigenvalue weighted by atomic mass is 9.92. The Morgan fingerprint density at radius 3 is 2.78 bits per heavy atom. The maximum atomic E-state index is 12.1. The molecular formula is C14H27N3O. The first-order valence-corrected chi connectivity index (χ1v) is 7.31. The standard InChI is InChI=1S/C14H27N3O/c1-10-8-12(6-7-15-10)14(18)16-9-11(2)17(3)13-4-5-13/h10-13,15H,4-9H2,1-3H3,(H,16,18)/t10-,11?,12-/m0/s1. The second-order valence-corrected chi connectivity index (χ2v) is 6.07. The number of likely N-dealkylation sites (N-methyl/N-ethyl adjacent to an activating group) is 1. The highest BCUT2D eigenvalue weighted by molar-refractivity contribution is 5.78. The molecule has 104 valence electrons. The lowest BCUT2D eigenvalue weighted by Crippen LogP contribution is -2.46. The van der Waals surface area contributed by atoms with Gasteiger partial charge in [0.15, 0.2) is 0 Å². The minimum atomic E-state index is 0.208. The third-order valence-electron chi connectivity index (χ3n) is 4.38. The van der Waals surface area contributed by atoms with E-state index in [9.17, 15) is 4.79 Å². The van der Waals surface area contributed by atoms with E-state index in [0.29, 0.717) is 12.1 Å². The van der Waals surface area contributed by atoms with Crippen molar-refractivity contribution < 1.29 is 4.79 Å². The predicted octanol–water partition coefficient (Wildman–Crippen LogP) is 0.973. The maximum absolute atomic E-state index is 12.1. The Bertz CT molecular complexity index is 291. The summed E-state index contributed by atoms with van der Waals surface area (Å²) in [5.41, 5.74) is 0. The summed E-state index contributed by atoms with van der Waals surface area (Å²) in [6.45, 7) is 6.10. The van der Waals surface area contributed by atoms with Crippen LogP contribution in [0.25, 0.3) is 0 Å². The third-order valence-corrected chi connectivity index (χ3v) is 4.38. The van der Waals surface area contributed by atoms with Gasteiger partial charge in [-0.2, -0.15) is 0 Å². The molecule has 1 saturated heterocycles. The molecular weight excluding hydrogens is 226 g/mol. The van der Waals surface area contributed by atoms with Crippen molar-refractivity contribution in [2.45, 2.75) is 57.7 Å². The summed E-state index contributed by atoms with van der Waals surface area (Å²) in [6.07, 6.45) is 4.59. The average Bonchev–Trinajstić information content (AvgIpc) is 3.18. The fraction of sp³-hybridized carbons (Fsp3) is 0.929. The van der Waals surface area contributed by atoms with E-state index in [1.54, 1.807) is 0 Å². The van der Waals surface area contributed by atoms with Crippen molar-refractivity contribution in [2.24, 2.45) is 5.92 Å². The zero-order valence-electron chi connectivity index (χ0n) is 11.9. The molecule has 18 heavy (non-hydrogen) atoms. The van der Waals surface area contributed by atoms with Gasteiger partial charge in [-0.15, -0.1) is 0 Å². The fourth-order valence-corrected chi connectivity index (χ4v) is 2.75. The minimum absolute atomic E-state index is 0.208. The van der Waals surface area contributed by atoms with Crippen LogP contribution < -0.4 is 10.6 Å². The normalized spacial score (nSPS) is 30.2. The van der Waals surface area contributed by atoms with Gasteiger partial charge in [0.25, 0.3) is 0 Å². The van der Waals surface area contributed by atoms with Crippen molar-refractivity contribution in [3.05, 3.63) is 0 Å². The molecule has 1 aliphatic heterocycles. The Hall–Kier alpha value is -0.610. The van der Waals surface area contributed by atoms with E-state index >= 15 is 0 Å². The van der Waals surface area contributed by atoms with Crippen LogP contribution in [-0.4, -0.2) is 49.1 Å². The molecule has 0 bridgehead atoms. The molecule has 3 atom stereocenters. The first kappa shape index (κ1) is 13.8. The Morgan fingerprint density at radius 1 is 1.44 bits per heavy atom. The topological polar surface area (TPSA) is 44.4 Å². The number of carbonyl (C=O) groups is 1. The average molecular weight is 253 g/mol. The molecule has 1 heterocycles. The number of piperidine rings is 1. The van der Waals surface area contributed by atoms with Gasteiger partial charge in [0.2, 0.25) is 5.91 Å². The van der Waals surface area contributed by atoms with Gasteiger partial charge in [-0.1, -0.05) is 0 Å². The predicted molar refractivity (Wildman–Crippen MR) is 73.4 cm³/mol. The van der Waals surface area contributed by atoms with Gasteiger partial charge in [0, 0.05) is 30.6 Å². The molecule has 2 N–H and O–H groups in total. The quantitative estimate of drug-likeness (QED) is 0.767. The van der Waals surface area contributed by atoms with Gasteiger partial charge >= 0.3 is 0 Å². The Morgan fingerprint density at radius 2 is 2.17 bits per heavy atom. The van der Waals surface area contributed by atoms with Gasteiger partial charge in [0.1, 0.15) is 0 Å². The second kappa shape index (κ2) is 6.02. The van der Waals surface area contributed by atoms with Gasteiger partial charge in [0.05, 0.1) is 0 Å². The molecule has 0 aromatic heterocycles. The number of rotatable bonds is 5. The SMILES string of the molecule is CC(CNC(=O)[C@H]1CCN[C@@H](C)C1)N(C)C1CC1. The number of hydrogen-bond acceptors (Lipinski definition) is 3. The zero-order chi connectivity index (χ0) is 13.1. The summed E-state index contributed by atoms with van der Waals surface area (Å²) < 4.78 is 0. The summed E-state index contributed by atoms with van der Waals surface area (Å²) in [4.78, 5) is 14.5. The van der Waals surface area contributed by atoms with Crippen LogP contribution >= 0.6 is 0 Å². The van der Waals surface area contributed by atoms with Crippen molar-refractivity contribution in [1.82, 2.24) is 15.5 Å². The second-order valence-electron chi connectivity index (χ2n) is 6.07. The third kappa shape index (κ3) is 3.69. The lowest BCUT2D eigenvalue weighted by molar-refractivity contribution is -0.126. The number of nitrogens with zero attached hydrogens (tertiary/aromatic N) is 1. The first-order valence-electron chi connectivity index (χ1n) is 7.31. The molecule has 1 aliphatic carbocycles. The van der Waals surface area contributed by atoms with Gasteiger partial charge in [-0.25, -0.2) is 0 Å². The van der Waals surface area contributed by atoms with E-state index < -0.39 is 0 Å². The van der Waals surface area contributed by atoms with Crippen molar-refractivity contribution >= 4 is 5.91 Å². The highest BCUT2D eigenvalue weighted by atomic mass is 16.1. The van der Waals surface area contributed by atoms with Crippen LogP contribution in [0.3, 0.4) is 0 Å². The van der Waals surface area contributed by atoms with Crippen molar-refractivity contribution in [3.8, 4) is 0 Å². The zero-order valence-corrected chi connectivity index (χ0v) is 11.9. The van der Waals surface area contributed by atoms with Gasteiger partial charge in [-0.05, 0) is 53.1 Å². The molecule has 0 aromatic carbocycles. The molecule has 1 saturated carbocycles. The van der Waals surface area contributed by atoms with Crippen molar-refractivity contribution in [2.75, 3.05) is 20.1 Å². The van der Waals surface area contributed by atoms with Crippen LogP contribution in [0.15, 0.2) is 0 Å². The summed E-state index contributed by atoms with van der Waals surface area (Å²) in [6, 6.07) is 1.68. The number of amides is 1. The smallest absolute Gasteiger partial charge is 0.223 e. The molecule has 2 fully saturated rings. The highest BCUT2D eigenvalue weighted by Gasteiger charge is 2.30. The highest BCUT2D eigenvalue weighted by Crippen LogP contribution is 2.26. The number of nitrogens with one attached hydrogen (secondary N) is 2. The van der Waals surface area contributed by atoms with Crippen LogP contribution in [0, 0.1) is 5.92 Å². The molecule has 4 nitrogen and oxygen atoms in total. The van der Waals surface area contributed by atoms with E-state index in [4.69, 9.17) is 0 Å². The van der Waals surface area contributed by atoms with Crippen LogP contribution in [-0.2, 0) is 4.79 Å². The van der Waals surface area contributed by atoms with E-state index in [2.05, 4.69) is 36.4 Å². The van der Waals surface area contributed by atoms with Gasteiger partial charge in [-0.3, -0.25) is 9.69 Å². The largest absolute Gasteiger partial charge is 0.354 e. The summed E-state index contributed by atoms with van der Waals surface area (Å²) in [5.74, 6) is 0.457. The molecule has 0 aromatic rings. The maximum Gasteiger partial charge on any atom is 0.223 e. The summed E-state index contributed by atoms with van der Waals surface area (Å²) in [5, 5.41) is 6.51. The monoisotopic (exact) mass is 253 g/mol. The molecule has 0 radical (unpaired) electrons. The first-order chi connectivity index (χ1) is 8.58. The Kier molecular flexibility index (Phi) is 4.62. The minimum Gasteiger partial charge on any atom is -0.354 e. The molecule has 1 amide bonds. The number of carbonyl (C=O) groups excluding carboxylic acids is 1. The molecule has 4 heteroatoms. The van der Waals surface area contributed by atoms with E-state index in [-0.39, 0.29) is 11.8 Å². The fourth-order valence-electron chi connectivity index (χ4n) is 2.75. The molecule has 2 aliphatic rings. The summed E-state index contributed by atoms with van der Waals surface area (Å²) in [7, 11) is 2.17. The van der Waals surface area contributed by atoms with E-state index in [1.165, 1.54) is 12.8 Å². The van der Waals surface area contributed by atoms with E-state index in [1.807, 2.05) is 0 Å².